The number of ketones is 1. The average Bonchev–Trinajstić information content (AvgIpc) is 2.56. The Hall–Kier alpha value is -1.90. The lowest BCUT2D eigenvalue weighted by Crippen LogP contribution is -2.51. The molecule has 1 aromatic carbocycles. The number of benzene rings is 1. The van der Waals surface area contributed by atoms with Gasteiger partial charge in [0.15, 0.2) is 0 Å². The smallest absolute Gasteiger partial charge is 0.230 e. The first-order chi connectivity index (χ1) is 9.01. The van der Waals surface area contributed by atoms with Gasteiger partial charge in [-0.2, -0.15) is 0 Å². The second-order valence-corrected chi connectivity index (χ2v) is 5.80. The largest absolute Gasteiger partial charge is 0.331 e. The monoisotopic (exact) mass is 255 g/mol. The maximum atomic E-state index is 12.2. The molecule has 2 heterocycles. The van der Waals surface area contributed by atoms with E-state index in [2.05, 4.69) is 0 Å². The summed E-state index contributed by atoms with van der Waals surface area (Å²) in [5.41, 5.74) is 1.64. The molecule has 0 aromatic heterocycles. The van der Waals surface area contributed by atoms with Crippen molar-refractivity contribution in [3.8, 4) is 0 Å². The SMILES string of the molecule is CC1(C)C(=O)CC(=O)N2CC=Cc3ccccc3C21. The standard InChI is InChI=1S/C16H17NO2/c1-16(2)13(18)10-14(19)17-9-5-7-11-6-3-4-8-12(11)15(16)17/h3-8,15H,9-10H2,1-2H3. The van der Waals surface area contributed by atoms with Crippen molar-refractivity contribution >= 4 is 17.8 Å². The lowest BCUT2D eigenvalue weighted by atomic mass is 9.71. The van der Waals surface area contributed by atoms with Crippen molar-refractivity contribution in [2.75, 3.05) is 6.54 Å². The van der Waals surface area contributed by atoms with Gasteiger partial charge in [-0.25, -0.2) is 0 Å². The van der Waals surface area contributed by atoms with Gasteiger partial charge in [0.1, 0.15) is 5.78 Å². The Morgan fingerprint density at radius 3 is 2.74 bits per heavy atom. The van der Waals surface area contributed by atoms with E-state index >= 15 is 0 Å². The fourth-order valence-corrected chi connectivity index (χ4v) is 3.12. The first-order valence-electron chi connectivity index (χ1n) is 6.60. The molecule has 1 saturated heterocycles. The van der Waals surface area contributed by atoms with E-state index in [-0.39, 0.29) is 24.2 Å². The number of carbonyl (C=O) groups is 2. The van der Waals surface area contributed by atoms with Crippen molar-refractivity contribution in [3.05, 3.63) is 41.5 Å². The van der Waals surface area contributed by atoms with Crippen LogP contribution in [0.3, 0.4) is 0 Å². The van der Waals surface area contributed by atoms with Crippen molar-refractivity contribution in [1.82, 2.24) is 4.90 Å². The van der Waals surface area contributed by atoms with E-state index in [0.29, 0.717) is 6.54 Å². The van der Waals surface area contributed by atoms with E-state index in [4.69, 9.17) is 0 Å². The molecule has 3 nitrogen and oxygen atoms in total. The van der Waals surface area contributed by atoms with Crippen LogP contribution in [0.1, 0.15) is 37.4 Å². The summed E-state index contributed by atoms with van der Waals surface area (Å²) in [7, 11) is 0. The Morgan fingerprint density at radius 1 is 1.21 bits per heavy atom. The van der Waals surface area contributed by atoms with Gasteiger partial charge in [0, 0.05) is 12.0 Å². The van der Waals surface area contributed by atoms with Gasteiger partial charge in [-0.15, -0.1) is 0 Å². The topological polar surface area (TPSA) is 37.4 Å². The first kappa shape index (κ1) is 12.2. The minimum atomic E-state index is -0.532. The quantitative estimate of drug-likeness (QED) is 0.668. The van der Waals surface area contributed by atoms with Crippen LogP contribution in [0.2, 0.25) is 0 Å². The Bertz CT molecular complexity index is 586. The molecule has 0 spiro atoms. The van der Waals surface area contributed by atoms with E-state index in [0.717, 1.165) is 11.1 Å². The van der Waals surface area contributed by atoms with Crippen molar-refractivity contribution in [1.29, 1.82) is 0 Å². The van der Waals surface area contributed by atoms with E-state index in [9.17, 15) is 9.59 Å². The molecule has 1 amide bonds. The zero-order valence-corrected chi connectivity index (χ0v) is 11.2. The van der Waals surface area contributed by atoms with Gasteiger partial charge in [0.2, 0.25) is 5.91 Å². The van der Waals surface area contributed by atoms with Crippen LogP contribution in [0.25, 0.3) is 6.08 Å². The van der Waals surface area contributed by atoms with E-state index < -0.39 is 5.41 Å². The Morgan fingerprint density at radius 2 is 1.95 bits per heavy atom. The Kier molecular flexibility index (Phi) is 2.59. The number of hydrogen-bond donors (Lipinski definition) is 0. The summed E-state index contributed by atoms with van der Waals surface area (Å²) in [4.78, 5) is 26.2. The third-order valence-corrected chi connectivity index (χ3v) is 4.24. The van der Waals surface area contributed by atoms with Crippen LogP contribution in [-0.2, 0) is 9.59 Å². The summed E-state index contributed by atoms with van der Waals surface area (Å²) in [5, 5.41) is 0. The highest BCUT2D eigenvalue weighted by Gasteiger charge is 2.48. The lowest BCUT2D eigenvalue weighted by molar-refractivity contribution is -0.151. The molecule has 3 heteroatoms. The van der Waals surface area contributed by atoms with Crippen LogP contribution < -0.4 is 0 Å². The summed E-state index contributed by atoms with van der Waals surface area (Å²) in [5.74, 6) is -0.0221. The summed E-state index contributed by atoms with van der Waals surface area (Å²) in [6.45, 7) is 4.47. The molecule has 0 radical (unpaired) electrons. The van der Waals surface area contributed by atoms with Gasteiger partial charge in [-0.1, -0.05) is 50.3 Å². The van der Waals surface area contributed by atoms with Gasteiger partial charge in [0.25, 0.3) is 0 Å². The Balaban J connectivity index is 2.20. The molecule has 1 aromatic rings. The summed E-state index contributed by atoms with van der Waals surface area (Å²) >= 11 is 0. The molecule has 2 aliphatic heterocycles. The van der Waals surface area contributed by atoms with Crippen molar-refractivity contribution < 1.29 is 9.59 Å². The molecule has 98 valence electrons. The highest BCUT2D eigenvalue weighted by atomic mass is 16.2. The van der Waals surface area contributed by atoms with Gasteiger partial charge in [-0.05, 0) is 11.1 Å². The fourth-order valence-electron chi connectivity index (χ4n) is 3.12. The first-order valence-corrected chi connectivity index (χ1v) is 6.60. The molecule has 0 aliphatic carbocycles. The molecular formula is C16H17NO2. The number of Topliss-reactive ketones (excluding diaryl/α,β-unsaturated/α-hetero) is 1. The predicted octanol–water partition coefficient (Wildman–Crippen LogP) is 2.58. The fraction of sp³-hybridized carbons (Fsp3) is 0.375. The number of rotatable bonds is 0. The van der Waals surface area contributed by atoms with Gasteiger partial charge >= 0.3 is 0 Å². The second kappa shape index (κ2) is 4.05. The molecule has 0 N–H and O–H groups in total. The third kappa shape index (κ3) is 1.72. The second-order valence-electron chi connectivity index (χ2n) is 5.80. The van der Waals surface area contributed by atoms with Crippen molar-refractivity contribution in [2.24, 2.45) is 5.41 Å². The highest BCUT2D eigenvalue weighted by molar-refractivity contribution is 6.04. The maximum absolute atomic E-state index is 12.2. The molecule has 0 saturated carbocycles. The number of carbonyl (C=O) groups excluding carboxylic acids is 2. The summed E-state index contributed by atoms with van der Waals surface area (Å²) < 4.78 is 0. The minimum absolute atomic E-state index is 0.0273. The minimum Gasteiger partial charge on any atom is -0.331 e. The number of piperidine rings is 1. The van der Waals surface area contributed by atoms with Crippen LogP contribution >= 0.6 is 0 Å². The van der Waals surface area contributed by atoms with Crippen molar-refractivity contribution in [2.45, 2.75) is 26.3 Å². The van der Waals surface area contributed by atoms with Gasteiger partial charge in [0.05, 0.1) is 12.5 Å². The predicted molar refractivity (Wildman–Crippen MR) is 73.3 cm³/mol. The van der Waals surface area contributed by atoms with Crippen LogP contribution in [0.5, 0.6) is 0 Å². The number of fused-ring (bicyclic) bond motifs is 3. The summed E-state index contributed by atoms with van der Waals surface area (Å²) in [6.07, 6.45) is 4.07. The van der Waals surface area contributed by atoms with Crippen LogP contribution in [-0.4, -0.2) is 23.1 Å². The lowest BCUT2D eigenvalue weighted by Gasteiger charge is -2.44. The molecule has 2 aliphatic rings. The van der Waals surface area contributed by atoms with Crippen LogP contribution in [0, 0.1) is 5.41 Å². The molecular weight excluding hydrogens is 238 g/mol. The zero-order valence-electron chi connectivity index (χ0n) is 11.2. The molecule has 1 fully saturated rings. The molecule has 0 bridgehead atoms. The Labute approximate surface area is 112 Å². The molecule has 1 unspecified atom stereocenters. The number of nitrogens with zero attached hydrogens (tertiary/aromatic N) is 1. The van der Waals surface area contributed by atoms with Crippen molar-refractivity contribution in [3.63, 3.8) is 0 Å². The number of amides is 1. The highest BCUT2D eigenvalue weighted by Crippen LogP contribution is 2.45. The zero-order chi connectivity index (χ0) is 13.6. The van der Waals surface area contributed by atoms with Gasteiger partial charge < -0.3 is 4.90 Å². The number of hydrogen-bond acceptors (Lipinski definition) is 2. The average molecular weight is 255 g/mol. The van der Waals surface area contributed by atoms with E-state index in [1.165, 1.54) is 0 Å². The molecule has 1 atom stereocenters. The molecule has 3 rings (SSSR count). The van der Waals surface area contributed by atoms with E-state index in [1.54, 1.807) is 0 Å². The van der Waals surface area contributed by atoms with Crippen LogP contribution in [0.4, 0.5) is 0 Å². The van der Waals surface area contributed by atoms with Crippen LogP contribution in [0.15, 0.2) is 30.3 Å². The van der Waals surface area contributed by atoms with Gasteiger partial charge in [-0.3, -0.25) is 9.59 Å². The summed E-state index contributed by atoms with van der Waals surface area (Å²) in [6, 6.07) is 7.85. The third-order valence-electron chi connectivity index (χ3n) is 4.24. The maximum Gasteiger partial charge on any atom is 0.230 e. The molecule has 19 heavy (non-hydrogen) atoms. The normalized spacial score (nSPS) is 24.7. The van der Waals surface area contributed by atoms with E-state index in [1.807, 2.05) is 55.2 Å².